The Morgan fingerprint density at radius 1 is 0.333 bits per heavy atom. The van der Waals surface area contributed by atoms with E-state index in [0.29, 0.717) is 5.82 Å². The molecule has 3 heterocycles. The van der Waals surface area contributed by atoms with Gasteiger partial charge in [0.05, 0.1) is 33.6 Å². The molecule has 0 saturated heterocycles. The highest BCUT2D eigenvalue weighted by Crippen LogP contribution is 2.42. The van der Waals surface area contributed by atoms with Crippen molar-refractivity contribution in [3.05, 3.63) is 206 Å². The van der Waals surface area contributed by atoms with Crippen LogP contribution in [0.2, 0.25) is 0 Å². The van der Waals surface area contributed by atoms with Crippen molar-refractivity contribution in [3.63, 3.8) is 0 Å². The van der Waals surface area contributed by atoms with Crippen LogP contribution in [-0.4, -0.2) is 19.5 Å². The van der Waals surface area contributed by atoms with E-state index >= 15 is 0 Å². The van der Waals surface area contributed by atoms with Gasteiger partial charge in [0.1, 0.15) is 0 Å². The van der Waals surface area contributed by atoms with Crippen molar-refractivity contribution in [3.8, 4) is 62.0 Å². The Balaban J connectivity index is 1.14. The van der Waals surface area contributed by atoms with Gasteiger partial charge in [-0.05, 0) is 46.8 Å². The maximum absolute atomic E-state index is 5.36. The number of pyridine rings is 1. The third-order valence-electron chi connectivity index (χ3n) is 11.0. The fourth-order valence-corrected chi connectivity index (χ4v) is 8.30. The summed E-state index contributed by atoms with van der Waals surface area (Å²) in [4.78, 5) is 15.7. The number of para-hydroxylation sites is 2. The molecule has 11 rings (SSSR count). The molecule has 11 aromatic rings. The van der Waals surface area contributed by atoms with Crippen LogP contribution in [0.25, 0.3) is 105 Å². The van der Waals surface area contributed by atoms with Crippen molar-refractivity contribution >= 4 is 43.5 Å². The zero-order valence-corrected chi connectivity index (χ0v) is 30.9. The maximum atomic E-state index is 5.36. The predicted octanol–water partition coefficient (Wildman–Crippen LogP) is 13.6. The van der Waals surface area contributed by atoms with E-state index in [1.165, 1.54) is 27.3 Å². The Kier molecular flexibility index (Phi) is 7.78. The molecule has 4 nitrogen and oxygen atoms in total. The van der Waals surface area contributed by atoms with Crippen molar-refractivity contribution in [2.75, 3.05) is 0 Å². The SMILES string of the molecule is c1ccc(-c2ccc(-c3cc(-c4cccc(-n5c6ccccc6c6ccc7c8ccccc8nc(-c8ccccc8)c7c65)c4)nc(-c4ccccc4)n3)cc2)cc1. The van der Waals surface area contributed by atoms with Gasteiger partial charge in [-0.25, -0.2) is 15.0 Å². The molecule has 0 N–H and O–H groups in total. The highest BCUT2D eigenvalue weighted by Gasteiger charge is 2.21. The molecule has 0 radical (unpaired) electrons. The lowest BCUT2D eigenvalue weighted by Gasteiger charge is -2.15. The minimum Gasteiger partial charge on any atom is -0.309 e. The van der Waals surface area contributed by atoms with Crippen LogP contribution in [-0.2, 0) is 0 Å². The molecular formula is C53H34N4. The van der Waals surface area contributed by atoms with Gasteiger partial charge in [0.25, 0.3) is 0 Å². The third-order valence-corrected chi connectivity index (χ3v) is 11.0. The molecular weight excluding hydrogens is 693 g/mol. The fraction of sp³-hybridized carbons (Fsp3) is 0. The highest BCUT2D eigenvalue weighted by molar-refractivity contribution is 6.25. The molecule has 0 aliphatic carbocycles. The van der Waals surface area contributed by atoms with Crippen LogP contribution >= 0.6 is 0 Å². The molecule has 0 aliphatic rings. The second-order valence-electron chi connectivity index (χ2n) is 14.4. The van der Waals surface area contributed by atoms with Gasteiger partial charge in [-0.3, -0.25) is 0 Å². The minimum atomic E-state index is 0.689. The van der Waals surface area contributed by atoms with E-state index in [9.17, 15) is 0 Å². The van der Waals surface area contributed by atoms with Crippen LogP contribution in [0, 0.1) is 0 Å². The fourth-order valence-electron chi connectivity index (χ4n) is 8.30. The second-order valence-corrected chi connectivity index (χ2v) is 14.4. The summed E-state index contributed by atoms with van der Waals surface area (Å²) in [6, 6.07) is 72.6. The first kappa shape index (κ1) is 32.7. The van der Waals surface area contributed by atoms with Gasteiger partial charge < -0.3 is 4.57 Å². The monoisotopic (exact) mass is 726 g/mol. The zero-order valence-electron chi connectivity index (χ0n) is 30.9. The molecule has 0 atom stereocenters. The zero-order chi connectivity index (χ0) is 37.7. The predicted molar refractivity (Wildman–Crippen MR) is 236 cm³/mol. The number of nitrogens with zero attached hydrogens (tertiary/aromatic N) is 4. The van der Waals surface area contributed by atoms with Crippen molar-refractivity contribution < 1.29 is 0 Å². The Labute approximate surface area is 330 Å². The van der Waals surface area contributed by atoms with Crippen LogP contribution in [0.5, 0.6) is 0 Å². The topological polar surface area (TPSA) is 43.6 Å². The summed E-state index contributed by atoms with van der Waals surface area (Å²) in [5, 5.41) is 5.83. The summed E-state index contributed by atoms with van der Waals surface area (Å²) in [5.41, 5.74) is 13.5. The normalized spacial score (nSPS) is 11.5. The molecule has 4 heteroatoms. The molecule has 57 heavy (non-hydrogen) atoms. The molecule has 0 saturated carbocycles. The lowest BCUT2D eigenvalue weighted by molar-refractivity contribution is 1.17. The van der Waals surface area contributed by atoms with Gasteiger partial charge in [0.2, 0.25) is 0 Å². The average molecular weight is 727 g/mol. The van der Waals surface area contributed by atoms with Gasteiger partial charge in [-0.15, -0.1) is 0 Å². The smallest absolute Gasteiger partial charge is 0.160 e. The van der Waals surface area contributed by atoms with Crippen LogP contribution in [0.1, 0.15) is 0 Å². The number of hydrogen-bond acceptors (Lipinski definition) is 3. The van der Waals surface area contributed by atoms with Gasteiger partial charge in [0, 0.05) is 49.5 Å². The van der Waals surface area contributed by atoms with E-state index in [1.54, 1.807) is 0 Å². The van der Waals surface area contributed by atoms with E-state index in [2.05, 4.69) is 187 Å². The standard InChI is InChI=1S/C53H34N4/c1-4-15-35(16-5-1)36-27-29-37(30-28-36)47-34-48(56-53(55-47)39-19-8-3-9-20-39)40-21-14-22-41(33-40)57-49-26-13-11-24-43(49)45-32-31-44-42-23-10-12-25-46(42)54-51(50(44)52(45)57)38-17-6-2-7-18-38/h1-34H. The van der Waals surface area contributed by atoms with E-state index in [0.717, 1.165) is 72.3 Å². The molecule has 0 unspecified atom stereocenters. The highest BCUT2D eigenvalue weighted by atomic mass is 15.0. The minimum absolute atomic E-state index is 0.689. The van der Waals surface area contributed by atoms with E-state index in [1.807, 2.05) is 24.3 Å². The van der Waals surface area contributed by atoms with Gasteiger partial charge in [-0.1, -0.05) is 176 Å². The molecule has 0 spiro atoms. The molecule has 0 fully saturated rings. The van der Waals surface area contributed by atoms with Crippen LogP contribution < -0.4 is 0 Å². The number of aromatic nitrogens is 4. The van der Waals surface area contributed by atoms with Crippen molar-refractivity contribution in [2.24, 2.45) is 0 Å². The van der Waals surface area contributed by atoms with Gasteiger partial charge in [0.15, 0.2) is 5.82 Å². The molecule has 0 amide bonds. The average Bonchev–Trinajstić information content (AvgIpc) is 3.64. The summed E-state index contributed by atoms with van der Waals surface area (Å²) < 4.78 is 2.42. The lowest BCUT2D eigenvalue weighted by atomic mass is 9.97. The largest absolute Gasteiger partial charge is 0.309 e. The number of fused-ring (bicyclic) bond motifs is 7. The number of rotatable bonds is 6. The third kappa shape index (κ3) is 5.66. The molecule has 8 aromatic carbocycles. The Bertz CT molecular complexity index is 3260. The molecule has 0 aliphatic heterocycles. The lowest BCUT2D eigenvalue weighted by Crippen LogP contribution is -1.99. The Morgan fingerprint density at radius 3 is 1.65 bits per heavy atom. The molecule has 0 bridgehead atoms. The first-order valence-corrected chi connectivity index (χ1v) is 19.3. The van der Waals surface area contributed by atoms with Gasteiger partial charge >= 0.3 is 0 Å². The quantitative estimate of drug-likeness (QED) is 0.160. The first-order valence-electron chi connectivity index (χ1n) is 19.3. The molecule has 266 valence electrons. The summed E-state index contributed by atoms with van der Waals surface area (Å²) in [5.74, 6) is 0.689. The van der Waals surface area contributed by atoms with Gasteiger partial charge in [-0.2, -0.15) is 0 Å². The second kappa shape index (κ2) is 13.6. The molecule has 3 aromatic heterocycles. The Hall–Kier alpha value is -7.69. The van der Waals surface area contributed by atoms with Crippen molar-refractivity contribution in [2.45, 2.75) is 0 Å². The van der Waals surface area contributed by atoms with E-state index in [4.69, 9.17) is 15.0 Å². The van der Waals surface area contributed by atoms with Crippen LogP contribution in [0.3, 0.4) is 0 Å². The summed E-state index contributed by atoms with van der Waals surface area (Å²) in [6.07, 6.45) is 0. The van der Waals surface area contributed by atoms with Crippen LogP contribution in [0.4, 0.5) is 0 Å². The van der Waals surface area contributed by atoms with Crippen molar-refractivity contribution in [1.82, 2.24) is 19.5 Å². The summed E-state index contributed by atoms with van der Waals surface area (Å²) in [6.45, 7) is 0. The van der Waals surface area contributed by atoms with E-state index < -0.39 is 0 Å². The number of hydrogen-bond donors (Lipinski definition) is 0. The van der Waals surface area contributed by atoms with Crippen LogP contribution in [0.15, 0.2) is 206 Å². The summed E-state index contributed by atoms with van der Waals surface area (Å²) in [7, 11) is 0. The Morgan fingerprint density at radius 2 is 0.895 bits per heavy atom. The number of benzene rings is 8. The maximum Gasteiger partial charge on any atom is 0.160 e. The summed E-state index contributed by atoms with van der Waals surface area (Å²) >= 11 is 0. The first-order chi connectivity index (χ1) is 28.3. The van der Waals surface area contributed by atoms with Crippen molar-refractivity contribution in [1.29, 1.82) is 0 Å². The van der Waals surface area contributed by atoms with E-state index in [-0.39, 0.29) is 0 Å².